The van der Waals surface area contributed by atoms with Gasteiger partial charge in [0, 0.05) is 18.0 Å². The van der Waals surface area contributed by atoms with Crippen molar-refractivity contribution >= 4 is 20.5 Å². The van der Waals surface area contributed by atoms with Gasteiger partial charge in [-0.1, -0.05) is 91.9 Å². The topological polar surface area (TPSA) is 111 Å². The van der Waals surface area contributed by atoms with Gasteiger partial charge in [0.2, 0.25) is 0 Å². The number of benzene rings is 5. The standard InChI is InChI=1S/C51H60NO10P/c1-10-50(48(53)58-11-2,33-60-51(37-20-26-40(55-7)27-21-37,38-22-28-41(56-8)29-23-38)39-24-30-42(57-9)31-25-39)49(54)59-34-62-63(52(35(3)4)36(5)6)61-32-47-45-18-14-12-16-43(45)44-17-13-15-19-46(44)47/h12-31,35-36,47H,10-11,32-34H2,1-9H3. The van der Waals surface area contributed by atoms with E-state index < -0.39 is 44.9 Å². The summed E-state index contributed by atoms with van der Waals surface area (Å²) in [7, 11) is 3.06. The predicted octanol–water partition coefficient (Wildman–Crippen LogP) is 10.7. The smallest absolute Gasteiger partial charge is 0.328 e. The average Bonchev–Trinajstić information content (AvgIpc) is 3.63. The molecular weight excluding hydrogens is 818 g/mol. The molecule has 0 amide bonds. The minimum absolute atomic E-state index is 0.00442. The van der Waals surface area contributed by atoms with Crippen LogP contribution in [0.3, 0.4) is 0 Å². The second kappa shape index (κ2) is 21.4. The molecule has 0 radical (unpaired) electrons. The van der Waals surface area contributed by atoms with E-state index in [1.54, 1.807) is 35.2 Å². The maximum absolute atomic E-state index is 14.7. The molecule has 5 aromatic carbocycles. The van der Waals surface area contributed by atoms with Crippen LogP contribution in [0.1, 0.15) is 81.7 Å². The van der Waals surface area contributed by atoms with Gasteiger partial charge in [0.25, 0.3) is 8.53 Å². The summed E-state index contributed by atoms with van der Waals surface area (Å²) in [5, 5.41) is 0. The van der Waals surface area contributed by atoms with E-state index in [2.05, 4.69) is 68.8 Å². The first-order chi connectivity index (χ1) is 30.5. The molecule has 0 N–H and O–H groups in total. The number of hydrogen-bond donors (Lipinski definition) is 0. The lowest BCUT2D eigenvalue weighted by Gasteiger charge is -2.39. The molecule has 0 heterocycles. The Morgan fingerprint density at radius 2 is 1.03 bits per heavy atom. The minimum atomic E-state index is -1.90. The molecule has 1 aliphatic rings. The van der Waals surface area contributed by atoms with Crippen molar-refractivity contribution < 1.29 is 47.1 Å². The summed E-state index contributed by atoms with van der Waals surface area (Å²) in [4.78, 5) is 28.9. The summed E-state index contributed by atoms with van der Waals surface area (Å²) in [5.41, 5.74) is 3.63. The highest BCUT2D eigenvalue weighted by Crippen LogP contribution is 2.51. The van der Waals surface area contributed by atoms with Gasteiger partial charge in [-0.2, -0.15) is 0 Å². The fourth-order valence-electron chi connectivity index (χ4n) is 8.30. The molecule has 0 fully saturated rings. The van der Waals surface area contributed by atoms with Crippen molar-refractivity contribution in [3.63, 3.8) is 0 Å². The second-order valence-corrected chi connectivity index (χ2v) is 17.3. The third kappa shape index (κ3) is 9.94. The van der Waals surface area contributed by atoms with E-state index in [1.165, 1.54) is 22.3 Å². The maximum atomic E-state index is 14.7. The largest absolute Gasteiger partial charge is 0.497 e. The van der Waals surface area contributed by atoms with Crippen LogP contribution in [0, 0.1) is 5.41 Å². The van der Waals surface area contributed by atoms with Crippen molar-refractivity contribution in [1.29, 1.82) is 0 Å². The van der Waals surface area contributed by atoms with Gasteiger partial charge in [-0.25, -0.2) is 4.67 Å². The lowest BCUT2D eigenvalue weighted by atomic mass is 9.79. The molecule has 0 aromatic heterocycles. The molecule has 0 saturated carbocycles. The highest BCUT2D eigenvalue weighted by atomic mass is 31.2. The summed E-state index contributed by atoms with van der Waals surface area (Å²) in [5.74, 6) is 0.312. The summed E-state index contributed by atoms with van der Waals surface area (Å²) >= 11 is 0. The first-order valence-corrected chi connectivity index (χ1v) is 22.5. The Hall–Kier alpha value is -5.29. The van der Waals surface area contributed by atoms with Gasteiger partial charge in [-0.05, 0) is 116 Å². The van der Waals surface area contributed by atoms with Gasteiger partial charge in [0.1, 0.15) is 22.8 Å². The van der Waals surface area contributed by atoms with E-state index in [9.17, 15) is 9.59 Å². The zero-order valence-electron chi connectivity index (χ0n) is 37.8. The first kappa shape index (κ1) is 47.2. The number of ether oxygens (including phenoxy) is 6. The number of nitrogens with zero attached hydrogens (tertiary/aromatic N) is 1. The zero-order valence-corrected chi connectivity index (χ0v) is 38.7. The highest BCUT2D eigenvalue weighted by Gasteiger charge is 2.51. The van der Waals surface area contributed by atoms with Gasteiger partial charge >= 0.3 is 11.9 Å². The molecule has 0 spiro atoms. The van der Waals surface area contributed by atoms with E-state index in [1.807, 2.05) is 84.9 Å². The molecule has 2 atom stereocenters. The lowest BCUT2D eigenvalue weighted by molar-refractivity contribution is -0.184. The summed E-state index contributed by atoms with van der Waals surface area (Å²) in [6.07, 6.45) is 0.00442. The number of methoxy groups -OCH3 is 3. The quantitative estimate of drug-likeness (QED) is 0.0218. The van der Waals surface area contributed by atoms with Crippen molar-refractivity contribution in [2.24, 2.45) is 5.41 Å². The van der Waals surface area contributed by atoms with Crippen molar-refractivity contribution in [1.82, 2.24) is 4.67 Å². The molecule has 334 valence electrons. The molecule has 2 unspecified atom stereocenters. The second-order valence-electron chi connectivity index (χ2n) is 15.8. The van der Waals surface area contributed by atoms with E-state index in [-0.39, 0.29) is 31.0 Å². The summed E-state index contributed by atoms with van der Waals surface area (Å²) in [6.45, 7) is 11.3. The third-order valence-corrected chi connectivity index (χ3v) is 13.6. The van der Waals surface area contributed by atoms with Crippen molar-refractivity contribution in [2.75, 3.05) is 47.9 Å². The highest BCUT2D eigenvalue weighted by molar-refractivity contribution is 7.44. The van der Waals surface area contributed by atoms with Gasteiger partial charge in [0.15, 0.2) is 12.2 Å². The van der Waals surface area contributed by atoms with Gasteiger partial charge in [-0.3, -0.25) is 14.1 Å². The van der Waals surface area contributed by atoms with Crippen LogP contribution in [0.4, 0.5) is 0 Å². The SMILES string of the molecule is CCOC(=O)C(CC)(COC(c1ccc(OC)cc1)(c1ccc(OC)cc1)c1ccc(OC)cc1)C(=O)OCOP(OCC1c2ccccc2-c2ccccc21)N(C(C)C)C(C)C. The molecule has 5 aromatic rings. The van der Waals surface area contributed by atoms with Crippen LogP contribution in [0.25, 0.3) is 11.1 Å². The van der Waals surface area contributed by atoms with Gasteiger partial charge < -0.3 is 32.9 Å². The van der Waals surface area contributed by atoms with Crippen LogP contribution in [-0.2, 0) is 38.4 Å². The van der Waals surface area contributed by atoms with E-state index >= 15 is 0 Å². The molecular formula is C51H60NO10P. The summed E-state index contributed by atoms with van der Waals surface area (Å²) in [6, 6.07) is 39.3. The van der Waals surface area contributed by atoms with E-state index in [0.717, 1.165) is 0 Å². The average molecular weight is 878 g/mol. The van der Waals surface area contributed by atoms with Crippen LogP contribution in [0.15, 0.2) is 121 Å². The van der Waals surface area contributed by atoms with Crippen molar-refractivity contribution in [3.8, 4) is 28.4 Å². The Morgan fingerprint density at radius 1 is 0.603 bits per heavy atom. The number of rotatable bonds is 22. The fraction of sp³-hybridized carbons (Fsp3) is 0.373. The molecule has 0 aliphatic heterocycles. The Balaban J connectivity index is 1.32. The van der Waals surface area contributed by atoms with Crippen LogP contribution >= 0.6 is 8.53 Å². The van der Waals surface area contributed by atoms with Crippen LogP contribution in [0.5, 0.6) is 17.2 Å². The molecule has 0 saturated heterocycles. The number of carbonyl (C=O) groups excluding carboxylic acids is 2. The molecule has 0 bridgehead atoms. The number of fused-ring (bicyclic) bond motifs is 3. The summed E-state index contributed by atoms with van der Waals surface area (Å²) < 4.78 is 50.6. The van der Waals surface area contributed by atoms with Crippen LogP contribution in [-0.4, -0.2) is 76.6 Å². The van der Waals surface area contributed by atoms with Crippen LogP contribution < -0.4 is 14.2 Å². The molecule has 1 aliphatic carbocycles. The molecule has 63 heavy (non-hydrogen) atoms. The third-order valence-electron chi connectivity index (χ3n) is 11.6. The van der Waals surface area contributed by atoms with Gasteiger partial charge in [0.05, 0.1) is 41.2 Å². The molecule has 12 heteroatoms. The van der Waals surface area contributed by atoms with Crippen LogP contribution in [0.2, 0.25) is 0 Å². The Bertz CT molecular complexity index is 2090. The monoisotopic (exact) mass is 877 g/mol. The first-order valence-electron chi connectivity index (χ1n) is 21.4. The van der Waals surface area contributed by atoms with Crippen molar-refractivity contribution in [2.45, 2.75) is 71.6 Å². The van der Waals surface area contributed by atoms with E-state index in [0.29, 0.717) is 40.5 Å². The number of esters is 2. The predicted molar refractivity (Wildman–Crippen MR) is 245 cm³/mol. The fourth-order valence-corrected chi connectivity index (χ4v) is 9.82. The van der Waals surface area contributed by atoms with Crippen molar-refractivity contribution in [3.05, 3.63) is 149 Å². The minimum Gasteiger partial charge on any atom is -0.497 e. The van der Waals surface area contributed by atoms with E-state index in [4.69, 9.17) is 37.5 Å². The Morgan fingerprint density at radius 3 is 1.43 bits per heavy atom. The number of hydrogen-bond acceptors (Lipinski definition) is 11. The normalized spacial score (nSPS) is 13.9. The van der Waals surface area contributed by atoms with Gasteiger partial charge in [-0.15, -0.1) is 0 Å². The molecule has 11 nitrogen and oxygen atoms in total. The Labute approximate surface area is 373 Å². The zero-order chi connectivity index (χ0) is 45.1. The Kier molecular flexibility index (Phi) is 16.0. The number of carbonyl (C=O) groups is 2. The lowest BCUT2D eigenvalue weighted by Crippen LogP contribution is -2.48. The maximum Gasteiger partial charge on any atom is 0.328 e. The molecule has 6 rings (SSSR count).